The SMILES string of the molecule is CC(=O)C(C[CH]C(N)=O)CSCCN. The van der Waals surface area contributed by atoms with Crippen LogP contribution >= 0.6 is 11.8 Å². The molecule has 0 aromatic rings. The quantitative estimate of drug-likeness (QED) is 0.559. The molecule has 0 heterocycles. The van der Waals surface area contributed by atoms with E-state index < -0.39 is 5.91 Å². The Morgan fingerprint density at radius 1 is 1.50 bits per heavy atom. The normalized spacial score (nSPS) is 12.4. The van der Waals surface area contributed by atoms with Gasteiger partial charge in [0.2, 0.25) is 5.91 Å². The number of Topliss-reactive ketones (excluding diaryl/α,β-unsaturated/α-hetero) is 1. The zero-order valence-corrected chi connectivity index (χ0v) is 9.18. The first-order valence-corrected chi connectivity index (χ1v) is 5.64. The fraction of sp³-hybridized carbons (Fsp3) is 0.667. The van der Waals surface area contributed by atoms with Gasteiger partial charge in [0.15, 0.2) is 0 Å². The lowest BCUT2D eigenvalue weighted by molar-refractivity contribution is -0.120. The van der Waals surface area contributed by atoms with Gasteiger partial charge in [0, 0.05) is 24.0 Å². The highest BCUT2D eigenvalue weighted by Gasteiger charge is 2.14. The van der Waals surface area contributed by atoms with Crippen molar-refractivity contribution in [3.63, 3.8) is 0 Å². The van der Waals surface area contributed by atoms with Crippen LogP contribution in [0.15, 0.2) is 0 Å². The van der Waals surface area contributed by atoms with E-state index in [2.05, 4.69) is 0 Å². The van der Waals surface area contributed by atoms with Crippen LogP contribution in [0.25, 0.3) is 0 Å². The minimum absolute atomic E-state index is 0.0898. The van der Waals surface area contributed by atoms with Crippen molar-refractivity contribution in [2.24, 2.45) is 17.4 Å². The highest BCUT2D eigenvalue weighted by molar-refractivity contribution is 7.99. The molecule has 0 aromatic heterocycles. The Morgan fingerprint density at radius 2 is 2.14 bits per heavy atom. The lowest BCUT2D eigenvalue weighted by atomic mass is 10.0. The molecule has 0 fully saturated rings. The van der Waals surface area contributed by atoms with Gasteiger partial charge in [-0.2, -0.15) is 11.8 Å². The highest BCUT2D eigenvalue weighted by Crippen LogP contribution is 2.14. The Morgan fingerprint density at radius 3 is 2.57 bits per heavy atom. The Hall–Kier alpha value is -0.550. The molecule has 0 aliphatic carbocycles. The minimum Gasteiger partial charge on any atom is -0.369 e. The van der Waals surface area contributed by atoms with E-state index in [9.17, 15) is 9.59 Å². The molecule has 0 aromatic carbocycles. The number of ketones is 1. The van der Waals surface area contributed by atoms with Gasteiger partial charge in [0.05, 0.1) is 6.42 Å². The average Bonchev–Trinajstić information content (AvgIpc) is 2.10. The third-order valence-corrected chi connectivity index (χ3v) is 2.92. The maximum absolute atomic E-state index is 11.1. The third-order valence-electron chi connectivity index (χ3n) is 1.76. The average molecular weight is 217 g/mol. The van der Waals surface area contributed by atoms with E-state index in [0.29, 0.717) is 18.7 Å². The Labute approximate surface area is 88.8 Å². The lowest BCUT2D eigenvalue weighted by Crippen LogP contribution is -2.19. The molecule has 4 N–H and O–H groups in total. The number of amides is 1. The maximum Gasteiger partial charge on any atom is 0.221 e. The van der Waals surface area contributed by atoms with Crippen LogP contribution in [-0.4, -0.2) is 29.7 Å². The van der Waals surface area contributed by atoms with Gasteiger partial charge in [-0.1, -0.05) is 0 Å². The number of nitrogens with two attached hydrogens (primary N) is 2. The van der Waals surface area contributed by atoms with Gasteiger partial charge in [-0.25, -0.2) is 0 Å². The van der Waals surface area contributed by atoms with Crippen molar-refractivity contribution >= 4 is 23.5 Å². The predicted octanol–water partition coefficient (Wildman–Crippen LogP) is -0.0368. The smallest absolute Gasteiger partial charge is 0.221 e. The van der Waals surface area contributed by atoms with Crippen LogP contribution in [0.5, 0.6) is 0 Å². The summed E-state index contributed by atoms with van der Waals surface area (Å²) in [6.45, 7) is 2.14. The molecule has 0 bridgehead atoms. The summed E-state index contributed by atoms with van der Waals surface area (Å²) in [4.78, 5) is 21.6. The number of carbonyl (C=O) groups excluding carboxylic acids is 2. The molecule has 14 heavy (non-hydrogen) atoms. The first kappa shape index (κ1) is 13.4. The van der Waals surface area contributed by atoms with Crippen LogP contribution in [0.2, 0.25) is 0 Å². The van der Waals surface area contributed by atoms with Crippen molar-refractivity contribution < 1.29 is 9.59 Å². The summed E-state index contributed by atoms with van der Waals surface area (Å²) >= 11 is 1.62. The molecule has 1 radical (unpaired) electrons. The number of hydrogen-bond acceptors (Lipinski definition) is 4. The Balaban J connectivity index is 3.78. The summed E-state index contributed by atoms with van der Waals surface area (Å²) in [5.41, 5.74) is 10.3. The van der Waals surface area contributed by atoms with Gasteiger partial charge < -0.3 is 11.5 Å². The molecule has 5 heteroatoms. The van der Waals surface area contributed by atoms with Crippen molar-refractivity contribution in [3.05, 3.63) is 6.42 Å². The molecule has 4 nitrogen and oxygen atoms in total. The summed E-state index contributed by atoms with van der Waals surface area (Å²) in [6, 6.07) is 0. The van der Waals surface area contributed by atoms with Gasteiger partial charge in [-0.05, 0) is 13.3 Å². The van der Waals surface area contributed by atoms with Gasteiger partial charge in [-0.3, -0.25) is 9.59 Å². The molecule has 0 spiro atoms. The monoisotopic (exact) mass is 217 g/mol. The summed E-state index contributed by atoms with van der Waals surface area (Å²) in [6.07, 6.45) is 1.79. The van der Waals surface area contributed by atoms with E-state index in [0.717, 1.165) is 5.75 Å². The minimum atomic E-state index is -0.472. The van der Waals surface area contributed by atoms with Gasteiger partial charge >= 0.3 is 0 Å². The summed E-state index contributed by atoms with van der Waals surface area (Å²) in [5.74, 6) is 1.04. The molecule has 0 saturated heterocycles. The summed E-state index contributed by atoms with van der Waals surface area (Å²) in [7, 11) is 0. The molecule has 0 aliphatic heterocycles. The second kappa shape index (κ2) is 7.82. The fourth-order valence-electron chi connectivity index (χ4n) is 0.919. The number of carbonyl (C=O) groups is 2. The van der Waals surface area contributed by atoms with Crippen LogP contribution in [0.1, 0.15) is 13.3 Å². The second-order valence-electron chi connectivity index (χ2n) is 3.01. The molecule has 0 aliphatic rings. The van der Waals surface area contributed by atoms with E-state index in [1.165, 1.54) is 13.3 Å². The predicted molar refractivity (Wildman–Crippen MR) is 58.7 cm³/mol. The third kappa shape index (κ3) is 6.91. The fourth-order valence-corrected chi connectivity index (χ4v) is 1.91. The largest absolute Gasteiger partial charge is 0.369 e. The number of rotatable bonds is 8. The Bertz CT molecular complexity index is 197. The first-order valence-electron chi connectivity index (χ1n) is 4.48. The van der Waals surface area contributed by atoms with E-state index in [1.807, 2.05) is 0 Å². The van der Waals surface area contributed by atoms with Crippen molar-refractivity contribution in [1.29, 1.82) is 0 Å². The lowest BCUT2D eigenvalue weighted by Gasteiger charge is -2.11. The van der Waals surface area contributed by atoms with Crippen LogP contribution in [-0.2, 0) is 9.59 Å². The van der Waals surface area contributed by atoms with Crippen molar-refractivity contribution in [1.82, 2.24) is 0 Å². The highest BCUT2D eigenvalue weighted by atomic mass is 32.2. The summed E-state index contributed by atoms with van der Waals surface area (Å²) in [5, 5.41) is 0. The standard InChI is InChI=1S/C9H17N2O2S/c1-7(12)8(2-3-9(11)13)6-14-5-4-10/h3,8H,2,4-6,10H2,1H3,(H2,11,13). The van der Waals surface area contributed by atoms with Crippen LogP contribution in [0.4, 0.5) is 0 Å². The molecule has 0 rings (SSSR count). The molecular formula is C9H17N2O2S. The van der Waals surface area contributed by atoms with Crippen molar-refractivity contribution in [3.8, 4) is 0 Å². The molecule has 1 atom stereocenters. The zero-order chi connectivity index (χ0) is 11.0. The number of primary amides is 1. The molecule has 1 amide bonds. The number of hydrogen-bond donors (Lipinski definition) is 2. The van der Waals surface area contributed by atoms with Crippen LogP contribution in [0, 0.1) is 12.3 Å². The van der Waals surface area contributed by atoms with E-state index in [1.54, 1.807) is 11.8 Å². The molecular weight excluding hydrogens is 200 g/mol. The van der Waals surface area contributed by atoms with Crippen LogP contribution < -0.4 is 11.5 Å². The van der Waals surface area contributed by atoms with E-state index in [4.69, 9.17) is 11.5 Å². The van der Waals surface area contributed by atoms with E-state index in [-0.39, 0.29) is 11.7 Å². The first-order chi connectivity index (χ1) is 6.57. The van der Waals surface area contributed by atoms with E-state index >= 15 is 0 Å². The molecule has 0 saturated carbocycles. The topological polar surface area (TPSA) is 86.2 Å². The molecule has 1 unspecified atom stereocenters. The van der Waals surface area contributed by atoms with Gasteiger partial charge in [-0.15, -0.1) is 0 Å². The van der Waals surface area contributed by atoms with Gasteiger partial charge in [0.1, 0.15) is 5.78 Å². The molecule has 81 valence electrons. The Kier molecular flexibility index (Phi) is 7.51. The maximum atomic E-state index is 11.1. The van der Waals surface area contributed by atoms with Crippen LogP contribution in [0.3, 0.4) is 0 Å². The van der Waals surface area contributed by atoms with Gasteiger partial charge in [0.25, 0.3) is 0 Å². The second-order valence-corrected chi connectivity index (χ2v) is 4.16. The summed E-state index contributed by atoms with van der Waals surface area (Å²) < 4.78 is 0. The zero-order valence-electron chi connectivity index (χ0n) is 8.36. The number of thioether (sulfide) groups is 1. The van der Waals surface area contributed by atoms with Crippen molar-refractivity contribution in [2.45, 2.75) is 13.3 Å². The van der Waals surface area contributed by atoms with Crippen molar-refractivity contribution in [2.75, 3.05) is 18.1 Å².